The molecule has 0 saturated carbocycles. The van der Waals surface area contributed by atoms with Gasteiger partial charge in [-0.05, 0) is 135 Å². The molecule has 19 heteroatoms. The molecule has 0 aromatic heterocycles. The van der Waals surface area contributed by atoms with E-state index in [0.29, 0.717) is 25.7 Å². The quantitative estimate of drug-likeness (QED) is 0.0169. The summed E-state index contributed by atoms with van der Waals surface area (Å²) in [5.41, 5.74) is 0. The van der Waals surface area contributed by atoms with Gasteiger partial charge in [0.15, 0.2) is 12.2 Å². The number of carbonyl (C=O) groups is 4. The van der Waals surface area contributed by atoms with E-state index >= 15 is 0 Å². The molecule has 100 heavy (non-hydrogen) atoms. The number of carbonyl (C=O) groups excluding carboxylic acids is 4. The summed E-state index contributed by atoms with van der Waals surface area (Å²) in [6.07, 6.45) is 73.3. The average molecular weight is 1460 g/mol. The minimum atomic E-state index is -4.97. The van der Waals surface area contributed by atoms with E-state index in [-0.39, 0.29) is 25.7 Å². The summed E-state index contributed by atoms with van der Waals surface area (Å²) >= 11 is 0. The topological polar surface area (TPSA) is 237 Å². The molecule has 0 aliphatic carbocycles. The second-order valence-corrected chi connectivity index (χ2v) is 30.3. The van der Waals surface area contributed by atoms with Crippen molar-refractivity contribution >= 4 is 39.5 Å². The molecule has 0 saturated heterocycles. The van der Waals surface area contributed by atoms with Crippen molar-refractivity contribution in [2.75, 3.05) is 39.6 Å². The van der Waals surface area contributed by atoms with Gasteiger partial charge >= 0.3 is 39.5 Å². The standard InChI is InChI=1S/C81H148O17P2/c1-5-9-13-17-21-25-29-33-37-41-45-49-53-57-61-65-78(83)91-71-76(97-80(85)67-63-59-55-51-47-43-39-35-31-27-23-19-15-11-7-3)73-95-99(87,88)93-69-75(82)70-94-100(89,90)96-74-77(98-81(86)68-64-60-56-52-48-44-40-36-32-28-24-20-16-12-8-4)72-92-79(84)66-62-58-54-50-46-42-38-34-30-26-22-18-14-10-6-2/h21,25,27,31,33-34,36-38,40,75-77,82H,5-20,22-24,26,28-30,32,35,39,41-74H2,1-4H3,(H,87,88)(H,89,90)/b25-21-,31-27-,37-33-,38-34-,40-36-/t75-,76-,77-/m1/s1. The lowest BCUT2D eigenvalue weighted by atomic mass is 10.1. The second-order valence-electron chi connectivity index (χ2n) is 27.3. The number of hydrogen-bond donors (Lipinski definition) is 3. The van der Waals surface area contributed by atoms with Crippen LogP contribution in [-0.2, 0) is 65.4 Å². The van der Waals surface area contributed by atoms with E-state index in [1.807, 2.05) is 0 Å². The van der Waals surface area contributed by atoms with Gasteiger partial charge in [-0.15, -0.1) is 0 Å². The van der Waals surface area contributed by atoms with Gasteiger partial charge in [0, 0.05) is 25.7 Å². The summed E-state index contributed by atoms with van der Waals surface area (Å²) in [4.78, 5) is 73.0. The van der Waals surface area contributed by atoms with Crippen molar-refractivity contribution in [2.45, 2.75) is 393 Å². The number of allylic oxidation sites excluding steroid dienone is 10. The number of aliphatic hydroxyl groups excluding tert-OH is 1. The number of ether oxygens (including phenoxy) is 4. The highest BCUT2D eigenvalue weighted by Crippen LogP contribution is 2.45. The minimum absolute atomic E-state index is 0.0875. The van der Waals surface area contributed by atoms with E-state index in [1.165, 1.54) is 122 Å². The Balaban J connectivity index is 5.35. The number of phosphoric ester groups is 2. The molecule has 0 aromatic rings. The molecule has 17 nitrogen and oxygen atoms in total. The van der Waals surface area contributed by atoms with Crippen molar-refractivity contribution in [2.24, 2.45) is 0 Å². The summed E-state index contributed by atoms with van der Waals surface area (Å²) in [6, 6.07) is 0. The maximum Gasteiger partial charge on any atom is 0.472 e. The highest BCUT2D eigenvalue weighted by atomic mass is 31.2. The maximum atomic E-state index is 13.1. The first-order valence-corrected chi connectivity index (χ1v) is 43.5. The molecule has 0 aliphatic rings. The number of aliphatic hydroxyl groups is 1. The molecule has 0 amide bonds. The Labute approximate surface area is 610 Å². The van der Waals surface area contributed by atoms with Gasteiger partial charge in [0.25, 0.3) is 0 Å². The fourth-order valence-corrected chi connectivity index (χ4v) is 12.8. The third-order valence-corrected chi connectivity index (χ3v) is 19.3. The lowest BCUT2D eigenvalue weighted by Crippen LogP contribution is -2.30. The summed E-state index contributed by atoms with van der Waals surface area (Å²) in [7, 11) is -9.95. The molecule has 3 N–H and O–H groups in total. The van der Waals surface area contributed by atoms with Crippen molar-refractivity contribution in [3.63, 3.8) is 0 Å². The predicted molar refractivity (Wildman–Crippen MR) is 409 cm³/mol. The predicted octanol–water partition coefficient (Wildman–Crippen LogP) is 23.5. The van der Waals surface area contributed by atoms with Crippen molar-refractivity contribution in [3.8, 4) is 0 Å². The molecular formula is C81H148O17P2. The third kappa shape index (κ3) is 73.1. The van der Waals surface area contributed by atoms with Gasteiger partial charge < -0.3 is 33.8 Å². The first-order valence-electron chi connectivity index (χ1n) is 40.5. The van der Waals surface area contributed by atoms with Crippen LogP contribution in [0.25, 0.3) is 0 Å². The van der Waals surface area contributed by atoms with Gasteiger partial charge in [0.1, 0.15) is 19.3 Å². The summed E-state index contributed by atoms with van der Waals surface area (Å²) in [5.74, 6) is -2.18. The minimum Gasteiger partial charge on any atom is -0.462 e. The van der Waals surface area contributed by atoms with E-state index in [4.69, 9.17) is 37.0 Å². The Kier molecular flexibility index (Phi) is 71.6. The maximum absolute atomic E-state index is 13.1. The Hall–Kier alpha value is -3.24. The molecule has 0 spiro atoms. The van der Waals surface area contributed by atoms with Crippen LogP contribution in [0.3, 0.4) is 0 Å². The summed E-state index contributed by atoms with van der Waals surface area (Å²) in [5, 5.41) is 10.6. The fourth-order valence-electron chi connectivity index (χ4n) is 11.2. The lowest BCUT2D eigenvalue weighted by molar-refractivity contribution is -0.161. The number of phosphoric acid groups is 2. The molecule has 584 valence electrons. The average Bonchev–Trinajstić information content (AvgIpc) is 1.01. The third-order valence-electron chi connectivity index (χ3n) is 17.4. The molecule has 0 radical (unpaired) electrons. The number of hydrogen-bond acceptors (Lipinski definition) is 15. The van der Waals surface area contributed by atoms with Gasteiger partial charge in [0.05, 0.1) is 26.4 Å². The second kappa shape index (κ2) is 74.0. The van der Waals surface area contributed by atoms with Crippen molar-refractivity contribution < 1.29 is 80.2 Å². The van der Waals surface area contributed by atoms with Crippen LogP contribution in [-0.4, -0.2) is 96.7 Å². The van der Waals surface area contributed by atoms with Gasteiger partial charge in [-0.3, -0.25) is 37.3 Å². The zero-order valence-electron chi connectivity index (χ0n) is 63.9. The highest BCUT2D eigenvalue weighted by molar-refractivity contribution is 7.47. The van der Waals surface area contributed by atoms with Crippen LogP contribution in [0.15, 0.2) is 60.8 Å². The SMILES string of the molecule is CCCCC/C=C\C/C=C\CCCCCCCC(=O)OC[C@H](COP(=O)(O)OC[C@@H](O)COP(=O)(O)OC[C@@H](COC(=O)CCCCCCC/C=C\CCCCCCCC)OC(=O)CCCCCCC/C=C\CCCCCCCC)OC(=O)CCCCCCCCC/C=C\CCCCCC. The number of unbranched alkanes of at least 4 members (excludes halogenated alkanes) is 41. The van der Waals surface area contributed by atoms with Crippen molar-refractivity contribution in [1.29, 1.82) is 0 Å². The Morgan fingerprint density at radius 2 is 0.490 bits per heavy atom. The largest absolute Gasteiger partial charge is 0.472 e. The zero-order chi connectivity index (χ0) is 73.2. The Morgan fingerprint density at radius 3 is 0.780 bits per heavy atom. The van der Waals surface area contributed by atoms with Crippen LogP contribution in [0.2, 0.25) is 0 Å². The molecule has 5 atom stereocenters. The normalized spacial score (nSPS) is 14.2. The fraction of sp³-hybridized carbons (Fsp3) is 0.827. The van der Waals surface area contributed by atoms with E-state index in [1.54, 1.807) is 0 Å². The smallest absolute Gasteiger partial charge is 0.462 e. The summed E-state index contributed by atoms with van der Waals surface area (Å²) < 4.78 is 68.6. The molecular weight excluding hydrogens is 1310 g/mol. The van der Waals surface area contributed by atoms with E-state index in [9.17, 15) is 43.2 Å². The lowest BCUT2D eigenvalue weighted by Gasteiger charge is -2.21. The molecule has 0 rings (SSSR count). The molecule has 0 aliphatic heterocycles. The molecule has 0 fully saturated rings. The number of esters is 4. The highest BCUT2D eigenvalue weighted by Gasteiger charge is 2.30. The number of rotatable bonds is 77. The Morgan fingerprint density at radius 1 is 0.280 bits per heavy atom. The van der Waals surface area contributed by atoms with Crippen molar-refractivity contribution in [3.05, 3.63) is 60.8 Å². The van der Waals surface area contributed by atoms with Gasteiger partial charge in [-0.2, -0.15) is 0 Å². The van der Waals surface area contributed by atoms with E-state index in [0.717, 1.165) is 173 Å². The van der Waals surface area contributed by atoms with E-state index < -0.39 is 97.5 Å². The zero-order valence-corrected chi connectivity index (χ0v) is 65.7. The molecule has 0 aromatic carbocycles. The van der Waals surface area contributed by atoms with Crippen LogP contribution in [0.5, 0.6) is 0 Å². The first-order chi connectivity index (χ1) is 48.7. The molecule has 2 unspecified atom stereocenters. The van der Waals surface area contributed by atoms with Gasteiger partial charge in [-0.1, -0.05) is 275 Å². The molecule has 0 heterocycles. The van der Waals surface area contributed by atoms with Crippen LogP contribution in [0.1, 0.15) is 374 Å². The Bertz CT molecular complexity index is 2130. The van der Waals surface area contributed by atoms with Crippen LogP contribution in [0, 0.1) is 0 Å². The van der Waals surface area contributed by atoms with Gasteiger partial charge in [-0.25, -0.2) is 9.13 Å². The van der Waals surface area contributed by atoms with Gasteiger partial charge in [0.2, 0.25) is 0 Å². The van der Waals surface area contributed by atoms with E-state index in [2.05, 4.69) is 88.5 Å². The monoisotopic (exact) mass is 1460 g/mol. The van der Waals surface area contributed by atoms with Crippen LogP contribution >= 0.6 is 15.6 Å². The molecule has 0 bridgehead atoms. The first kappa shape index (κ1) is 96.8. The summed E-state index contributed by atoms with van der Waals surface area (Å²) in [6.45, 7) is 4.86. The van der Waals surface area contributed by atoms with Crippen LogP contribution in [0.4, 0.5) is 0 Å². The van der Waals surface area contributed by atoms with Crippen molar-refractivity contribution in [1.82, 2.24) is 0 Å². The van der Waals surface area contributed by atoms with Crippen LogP contribution < -0.4 is 0 Å².